The van der Waals surface area contributed by atoms with Crippen LogP contribution >= 0.6 is 0 Å². The van der Waals surface area contributed by atoms with Gasteiger partial charge in [-0.05, 0) is 24.6 Å². The number of hydrogen-bond donors (Lipinski definition) is 2. The number of hydrogen-bond acceptors (Lipinski definition) is 4. The lowest BCUT2D eigenvalue weighted by molar-refractivity contribution is 0.402. The van der Waals surface area contributed by atoms with Crippen LogP contribution in [0.2, 0.25) is 0 Å². The fourth-order valence-corrected chi connectivity index (χ4v) is 2.19. The molecule has 5 nitrogen and oxygen atoms in total. The molecule has 1 aromatic rings. The van der Waals surface area contributed by atoms with Crippen LogP contribution in [0.3, 0.4) is 0 Å². The summed E-state index contributed by atoms with van der Waals surface area (Å²) >= 11 is 0. The summed E-state index contributed by atoms with van der Waals surface area (Å²) in [4.78, 5) is 4.20. The second-order valence-electron chi connectivity index (χ2n) is 4.64. The Labute approximate surface area is 109 Å². The van der Waals surface area contributed by atoms with Gasteiger partial charge < -0.3 is 5.32 Å². The maximum Gasteiger partial charge on any atom is 0.239 e. The molecule has 1 aromatic heterocycles. The van der Waals surface area contributed by atoms with E-state index in [0.29, 0.717) is 12.0 Å². The lowest BCUT2D eigenvalue weighted by Gasteiger charge is -2.21. The Hall–Kier alpha value is -0.980. The molecular formula is C12H21N3O2S. The van der Waals surface area contributed by atoms with Crippen molar-refractivity contribution in [3.05, 3.63) is 24.0 Å². The van der Waals surface area contributed by atoms with Gasteiger partial charge in [0.15, 0.2) is 0 Å². The zero-order valence-corrected chi connectivity index (χ0v) is 11.9. The van der Waals surface area contributed by atoms with Crippen molar-refractivity contribution >= 4 is 10.0 Å². The van der Waals surface area contributed by atoms with Crippen molar-refractivity contribution in [1.29, 1.82) is 0 Å². The van der Waals surface area contributed by atoms with Gasteiger partial charge in [0.2, 0.25) is 10.0 Å². The first-order valence-corrected chi connectivity index (χ1v) is 7.60. The molecule has 0 aliphatic carbocycles. The minimum atomic E-state index is -3.65. The molecule has 0 spiro atoms. The molecular weight excluding hydrogens is 250 g/mol. The van der Waals surface area contributed by atoms with Crippen LogP contribution in [0.15, 0.2) is 23.2 Å². The van der Waals surface area contributed by atoms with Crippen LogP contribution in [0.4, 0.5) is 0 Å². The largest absolute Gasteiger partial charge is 0.314 e. The number of nitrogens with one attached hydrogen (secondary N) is 1. The Morgan fingerprint density at radius 3 is 2.44 bits per heavy atom. The highest BCUT2D eigenvalue weighted by Gasteiger charge is 2.14. The summed E-state index contributed by atoms with van der Waals surface area (Å²) in [5.41, 5.74) is 0.863. The molecule has 0 aromatic carbocycles. The van der Waals surface area contributed by atoms with E-state index in [2.05, 4.69) is 31.1 Å². The maximum atomic E-state index is 11.1. The van der Waals surface area contributed by atoms with Gasteiger partial charge in [0, 0.05) is 24.4 Å². The summed E-state index contributed by atoms with van der Waals surface area (Å²) in [6, 6.07) is 3.55. The van der Waals surface area contributed by atoms with Crippen molar-refractivity contribution in [2.45, 2.75) is 38.1 Å². The normalized spacial score (nSPS) is 13.8. The summed E-state index contributed by atoms with van der Waals surface area (Å²) in [6.07, 6.45) is 2.09. The summed E-state index contributed by atoms with van der Waals surface area (Å²) in [7, 11) is -3.65. The van der Waals surface area contributed by atoms with E-state index in [0.717, 1.165) is 18.7 Å². The van der Waals surface area contributed by atoms with Gasteiger partial charge in [0.25, 0.3) is 0 Å². The lowest BCUT2D eigenvalue weighted by Crippen LogP contribution is -2.35. The van der Waals surface area contributed by atoms with Crippen LogP contribution in [0.25, 0.3) is 0 Å². The topological polar surface area (TPSA) is 85.1 Å². The zero-order chi connectivity index (χ0) is 13.8. The predicted octanol–water partition coefficient (Wildman–Crippen LogP) is 0.906. The number of aromatic nitrogens is 1. The average molecular weight is 271 g/mol. The van der Waals surface area contributed by atoms with Crippen molar-refractivity contribution in [3.8, 4) is 0 Å². The van der Waals surface area contributed by atoms with E-state index in [9.17, 15) is 8.42 Å². The van der Waals surface area contributed by atoms with Gasteiger partial charge in [-0.25, -0.2) is 13.6 Å². The highest BCUT2D eigenvalue weighted by Crippen LogP contribution is 2.11. The molecule has 1 rings (SSSR count). The molecule has 3 N–H and O–H groups in total. The SMILES string of the molecule is CCNC(Cc1ccc(S(N)(=O)=O)cn1)C(C)C. The number of nitrogens with zero attached hydrogens (tertiary/aromatic N) is 1. The number of rotatable bonds is 6. The highest BCUT2D eigenvalue weighted by molar-refractivity contribution is 7.89. The summed E-state index contributed by atoms with van der Waals surface area (Å²) in [5.74, 6) is 0.490. The molecule has 0 radical (unpaired) electrons. The first kappa shape index (κ1) is 15.1. The lowest BCUT2D eigenvalue weighted by atomic mass is 9.99. The van der Waals surface area contributed by atoms with Crippen LogP contribution in [-0.4, -0.2) is 26.0 Å². The van der Waals surface area contributed by atoms with Gasteiger partial charge in [-0.2, -0.15) is 0 Å². The quantitative estimate of drug-likeness (QED) is 0.805. The van der Waals surface area contributed by atoms with Gasteiger partial charge in [0.1, 0.15) is 4.90 Å². The van der Waals surface area contributed by atoms with E-state index < -0.39 is 10.0 Å². The summed E-state index contributed by atoms with van der Waals surface area (Å²) in [6.45, 7) is 7.25. The highest BCUT2D eigenvalue weighted by atomic mass is 32.2. The standard InChI is InChI=1S/C12H21N3O2S/c1-4-14-12(9(2)3)7-10-5-6-11(8-15-10)18(13,16)17/h5-6,8-9,12,14H,4,7H2,1-3H3,(H2,13,16,17). The molecule has 6 heteroatoms. The molecule has 1 heterocycles. The third-order valence-corrected chi connectivity index (χ3v) is 3.72. The van der Waals surface area contributed by atoms with Crippen LogP contribution in [0, 0.1) is 5.92 Å². The second-order valence-corrected chi connectivity index (χ2v) is 6.20. The van der Waals surface area contributed by atoms with Gasteiger partial charge in [-0.3, -0.25) is 4.98 Å². The zero-order valence-electron chi connectivity index (χ0n) is 11.1. The summed E-state index contributed by atoms with van der Waals surface area (Å²) in [5, 5.41) is 8.42. The maximum absolute atomic E-state index is 11.1. The molecule has 1 unspecified atom stereocenters. The first-order valence-electron chi connectivity index (χ1n) is 6.05. The molecule has 0 bridgehead atoms. The molecule has 102 valence electrons. The summed E-state index contributed by atoms with van der Waals surface area (Å²) < 4.78 is 22.2. The number of likely N-dealkylation sites (N-methyl/N-ethyl adjacent to an activating group) is 1. The van der Waals surface area contributed by atoms with Crippen LogP contribution < -0.4 is 10.5 Å². The van der Waals surface area contributed by atoms with Gasteiger partial charge in [-0.15, -0.1) is 0 Å². The first-order chi connectivity index (χ1) is 8.34. The Kier molecular flexibility index (Phi) is 5.25. The smallest absolute Gasteiger partial charge is 0.239 e. The molecule has 0 fully saturated rings. The monoisotopic (exact) mass is 271 g/mol. The molecule has 18 heavy (non-hydrogen) atoms. The molecule has 0 saturated heterocycles. The number of primary sulfonamides is 1. The Balaban J connectivity index is 2.79. The van der Waals surface area contributed by atoms with E-state index in [4.69, 9.17) is 5.14 Å². The van der Waals surface area contributed by atoms with Gasteiger partial charge in [-0.1, -0.05) is 20.8 Å². The average Bonchev–Trinajstić information content (AvgIpc) is 2.28. The van der Waals surface area contributed by atoms with Crippen molar-refractivity contribution in [1.82, 2.24) is 10.3 Å². The minimum absolute atomic E-state index is 0.0517. The third-order valence-electron chi connectivity index (χ3n) is 2.83. The molecule has 0 amide bonds. The Morgan fingerprint density at radius 1 is 1.39 bits per heavy atom. The Morgan fingerprint density at radius 2 is 2.06 bits per heavy atom. The van der Waals surface area contributed by atoms with Gasteiger partial charge >= 0.3 is 0 Å². The van der Waals surface area contributed by atoms with Crippen molar-refractivity contribution < 1.29 is 8.42 Å². The van der Waals surface area contributed by atoms with E-state index in [1.807, 2.05) is 0 Å². The fraction of sp³-hybridized carbons (Fsp3) is 0.583. The van der Waals surface area contributed by atoms with E-state index in [1.54, 1.807) is 6.07 Å². The van der Waals surface area contributed by atoms with Crippen molar-refractivity contribution in [3.63, 3.8) is 0 Å². The third kappa shape index (κ3) is 4.36. The molecule has 1 atom stereocenters. The van der Waals surface area contributed by atoms with Crippen molar-refractivity contribution in [2.24, 2.45) is 11.1 Å². The van der Waals surface area contributed by atoms with Crippen LogP contribution in [-0.2, 0) is 16.4 Å². The molecule has 0 aliphatic heterocycles. The molecule has 0 saturated carbocycles. The predicted molar refractivity (Wildman–Crippen MR) is 71.6 cm³/mol. The minimum Gasteiger partial charge on any atom is -0.314 e. The fourth-order valence-electron chi connectivity index (χ4n) is 1.73. The Bertz CT molecular complexity index is 469. The van der Waals surface area contributed by atoms with E-state index in [1.165, 1.54) is 12.3 Å². The van der Waals surface area contributed by atoms with Crippen molar-refractivity contribution in [2.75, 3.05) is 6.54 Å². The van der Waals surface area contributed by atoms with E-state index >= 15 is 0 Å². The van der Waals surface area contributed by atoms with Crippen LogP contribution in [0.5, 0.6) is 0 Å². The number of pyridine rings is 1. The van der Waals surface area contributed by atoms with E-state index in [-0.39, 0.29) is 4.90 Å². The van der Waals surface area contributed by atoms with Gasteiger partial charge in [0.05, 0.1) is 0 Å². The number of nitrogens with two attached hydrogens (primary N) is 1. The molecule has 0 aliphatic rings. The number of sulfonamides is 1. The second kappa shape index (κ2) is 6.26. The van der Waals surface area contributed by atoms with Crippen LogP contribution in [0.1, 0.15) is 26.5 Å².